The predicted octanol–water partition coefficient (Wildman–Crippen LogP) is 4.29. The summed E-state index contributed by atoms with van der Waals surface area (Å²) in [7, 11) is 0. The summed E-state index contributed by atoms with van der Waals surface area (Å²) in [5, 5.41) is 3.70. The summed E-state index contributed by atoms with van der Waals surface area (Å²) >= 11 is 5.92. The van der Waals surface area contributed by atoms with Crippen LogP contribution < -0.4 is 5.32 Å². The average molecular weight is 270 g/mol. The maximum Gasteiger partial charge on any atom is 0.145 e. The van der Waals surface area contributed by atoms with E-state index in [9.17, 15) is 4.39 Å². The minimum absolute atomic E-state index is 0.0514. The van der Waals surface area contributed by atoms with E-state index in [0.29, 0.717) is 0 Å². The summed E-state index contributed by atoms with van der Waals surface area (Å²) in [5.41, 5.74) is 0.751. The zero-order valence-electron chi connectivity index (χ0n) is 10.9. The molecule has 1 N–H and O–H groups in total. The molecule has 0 radical (unpaired) electrons. The van der Waals surface area contributed by atoms with Crippen LogP contribution in [0.5, 0.6) is 0 Å². The predicted molar refractivity (Wildman–Crippen MR) is 74.7 cm³/mol. The van der Waals surface area contributed by atoms with Crippen LogP contribution in [0.15, 0.2) is 18.2 Å². The number of rotatable bonds is 5. The van der Waals surface area contributed by atoms with Gasteiger partial charge in [-0.1, -0.05) is 43.5 Å². The Labute approximate surface area is 114 Å². The van der Waals surface area contributed by atoms with Gasteiger partial charge in [-0.3, -0.25) is 0 Å². The Morgan fingerprint density at radius 1 is 1.33 bits per heavy atom. The van der Waals surface area contributed by atoms with Crippen molar-refractivity contribution in [3.63, 3.8) is 0 Å². The Balaban J connectivity index is 2.26. The van der Waals surface area contributed by atoms with Crippen molar-refractivity contribution in [1.82, 2.24) is 5.32 Å². The molecule has 0 unspecified atom stereocenters. The van der Waals surface area contributed by atoms with Crippen LogP contribution in [-0.4, -0.2) is 13.1 Å². The van der Waals surface area contributed by atoms with Gasteiger partial charge in [0.1, 0.15) is 5.82 Å². The zero-order valence-corrected chi connectivity index (χ0v) is 11.7. The van der Waals surface area contributed by atoms with Gasteiger partial charge in [0.25, 0.3) is 0 Å². The Bertz CT molecular complexity index is 399. The van der Waals surface area contributed by atoms with Crippen molar-refractivity contribution in [3.05, 3.63) is 34.6 Å². The molecule has 18 heavy (non-hydrogen) atoms. The summed E-state index contributed by atoms with van der Waals surface area (Å²) in [4.78, 5) is 0. The standard InChI is InChI=1S/C15H21ClFN/c1-2-10-18-11-15(8-3-4-9-15)12-6-5-7-13(16)14(12)17/h5-7,18H,2-4,8-11H2,1H3. The molecule has 100 valence electrons. The fourth-order valence-electron chi connectivity index (χ4n) is 3.01. The van der Waals surface area contributed by atoms with E-state index in [1.165, 1.54) is 12.8 Å². The highest BCUT2D eigenvalue weighted by molar-refractivity contribution is 6.30. The molecule has 0 heterocycles. The van der Waals surface area contributed by atoms with E-state index in [1.807, 2.05) is 12.1 Å². The second kappa shape index (κ2) is 6.03. The van der Waals surface area contributed by atoms with E-state index >= 15 is 0 Å². The summed E-state index contributed by atoms with van der Waals surface area (Å²) in [6.07, 6.45) is 5.58. The first kappa shape index (κ1) is 13.8. The van der Waals surface area contributed by atoms with Crippen molar-refractivity contribution in [2.24, 2.45) is 0 Å². The van der Waals surface area contributed by atoms with E-state index in [4.69, 9.17) is 11.6 Å². The van der Waals surface area contributed by atoms with Crippen LogP contribution in [-0.2, 0) is 5.41 Å². The maximum atomic E-state index is 14.2. The van der Waals surface area contributed by atoms with Crippen molar-refractivity contribution < 1.29 is 4.39 Å². The van der Waals surface area contributed by atoms with Crippen LogP contribution in [0.4, 0.5) is 4.39 Å². The molecule has 0 amide bonds. The van der Waals surface area contributed by atoms with Crippen molar-refractivity contribution >= 4 is 11.6 Å². The van der Waals surface area contributed by atoms with Gasteiger partial charge in [-0.2, -0.15) is 0 Å². The van der Waals surface area contributed by atoms with Crippen LogP contribution in [0.3, 0.4) is 0 Å². The quantitative estimate of drug-likeness (QED) is 0.787. The highest BCUT2D eigenvalue weighted by atomic mass is 35.5. The molecular weight excluding hydrogens is 249 g/mol. The lowest BCUT2D eigenvalue weighted by Gasteiger charge is -2.30. The van der Waals surface area contributed by atoms with E-state index < -0.39 is 0 Å². The molecule has 0 spiro atoms. The molecule has 1 aromatic carbocycles. The van der Waals surface area contributed by atoms with Gasteiger partial charge in [-0.05, 0) is 37.4 Å². The third-order valence-electron chi connectivity index (χ3n) is 3.97. The number of halogens is 2. The van der Waals surface area contributed by atoms with Crippen molar-refractivity contribution in [2.45, 2.75) is 44.4 Å². The van der Waals surface area contributed by atoms with Gasteiger partial charge in [0.15, 0.2) is 0 Å². The highest BCUT2D eigenvalue weighted by Gasteiger charge is 2.37. The van der Waals surface area contributed by atoms with Crippen LogP contribution in [0, 0.1) is 5.82 Å². The molecule has 0 aromatic heterocycles. The zero-order chi connectivity index (χ0) is 13.0. The van der Waals surface area contributed by atoms with Crippen LogP contribution in [0.1, 0.15) is 44.6 Å². The van der Waals surface area contributed by atoms with Crippen molar-refractivity contribution in [3.8, 4) is 0 Å². The molecule has 1 saturated carbocycles. The van der Waals surface area contributed by atoms with E-state index in [2.05, 4.69) is 12.2 Å². The van der Waals surface area contributed by atoms with Gasteiger partial charge in [0.2, 0.25) is 0 Å². The molecular formula is C15H21ClFN. The Hall–Kier alpha value is -0.600. The smallest absolute Gasteiger partial charge is 0.145 e. The molecule has 1 aromatic rings. The van der Waals surface area contributed by atoms with Gasteiger partial charge >= 0.3 is 0 Å². The number of hydrogen-bond acceptors (Lipinski definition) is 1. The second-order valence-electron chi connectivity index (χ2n) is 5.27. The molecule has 1 nitrogen and oxygen atoms in total. The van der Waals surface area contributed by atoms with Crippen molar-refractivity contribution in [2.75, 3.05) is 13.1 Å². The lowest BCUT2D eigenvalue weighted by atomic mass is 9.78. The van der Waals surface area contributed by atoms with Gasteiger partial charge in [0, 0.05) is 12.0 Å². The molecule has 0 aliphatic heterocycles. The Morgan fingerprint density at radius 3 is 2.72 bits per heavy atom. The summed E-state index contributed by atoms with van der Waals surface area (Å²) in [6, 6.07) is 5.39. The van der Waals surface area contributed by atoms with Crippen LogP contribution >= 0.6 is 11.6 Å². The summed E-state index contributed by atoms with van der Waals surface area (Å²) in [6.45, 7) is 4.00. The third-order valence-corrected chi connectivity index (χ3v) is 4.27. The first-order chi connectivity index (χ1) is 8.69. The molecule has 3 heteroatoms. The molecule has 1 fully saturated rings. The molecule has 0 bridgehead atoms. The van der Waals surface area contributed by atoms with E-state index in [-0.39, 0.29) is 16.3 Å². The Kier molecular flexibility index (Phi) is 4.63. The van der Waals surface area contributed by atoms with Gasteiger partial charge < -0.3 is 5.32 Å². The summed E-state index contributed by atoms with van der Waals surface area (Å²) in [5.74, 6) is -0.223. The molecule has 2 rings (SSSR count). The monoisotopic (exact) mass is 269 g/mol. The largest absolute Gasteiger partial charge is 0.316 e. The number of hydrogen-bond donors (Lipinski definition) is 1. The maximum absolute atomic E-state index is 14.2. The minimum atomic E-state index is -0.223. The second-order valence-corrected chi connectivity index (χ2v) is 5.67. The number of nitrogens with one attached hydrogen (secondary N) is 1. The molecule has 0 saturated heterocycles. The van der Waals surface area contributed by atoms with E-state index in [0.717, 1.165) is 37.9 Å². The van der Waals surface area contributed by atoms with Gasteiger partial charge in [-0.15, -0.1) is 0 Å². The first-order valence-electron chi connectivity index (χ1n) is 6.85. The molecule has 1 aliphatic carbocycles. The SMILES string of the molecule is CCCNCC1(c2cccc(Cl)c2F)CCCC1. The van der Waals surface area contributed by atoms with E-state index in [1.54, 1.807) is 6.07 Å². The topological polar surface area (TPSA) is 12.0 Å². The highest BCUT2D eigenvalue weighted by Crippen LogP contribution is 2.42. The lowest BCUT2D eigenvalue weighted by molar-refractivity contribution is 0.388. The fraction of sp³-hybridized carbons (Fsp3) is 0.600. The van der Waals surface area contributed by atoms with Gasteiger partial charge in [0.05, 0.1) is 5.02 Å². The van der Waals surface area contributed by atoms with Crippen LogP contribution in [0.2, 0.25) is 5.02 Å². The Morgan fingerprint density at radius 2 is 2.06 bits per heavy atom. The number of benzene rings is 1. The molecule has 0 atom stereocenters. The minimum Gasteiger partial charge on any atom is -0.316 e. The normalized spacial score (nSPS) is 18.2. The average Bonchev–Trinajstić information content (AvgIpc) is 2.83. The molecule has 1 aliphatic rings. The third kappa shape index (κ3) is 2.70. The summed E-state index contributed by atoms with van der Waals surface area (Å²) < 4.78 is 14.2. The van der Waals surface area contributed by atoms with Gasteiger partial charge in [-0.25, -0.2) is 4.39 Å². The lowest BCUT2D eigenvalue weighted by Crippen LogP contribution is -2.37. The van der Waals surface area contributed by atoms with Crippen molar-refractivity contribution in [1.29, 1.82) is 0 Å². The fourth-order valence-corrected chi connectivity index (χ4v) is 3.19. The van der Waals surface area contributed by atoms with Crippen LogP contribution in [0.25, 0.3) is 0 Å². The first-order valence-corrected chi connectivity index (χ1v) is 7.22.